The number of amides is 2. The van der Waals surface area contributed by atoms with Gasteiger partial charge in [0.15, 0.2) is 0 Å². The van der Waals surface area contributed by atoms with Crippen molar-refractivity contribution in [3.8, 4) is 0 Å². The van der Waals surface area contributed by atoms with Gasteiger partial charge in [-0.2, -0.15) is 0 Å². The Labute approximate surface area is 183 Å². The van der Waals surface area contributed by atoms with Crippen molar-refractivity contribution in [2.45, 2.75) is 6.54 Å². The van der Waals surface area contributed by atoms with E-state index in [1.165, 1.54) is 25.6 Å². The van der Waals surface area contributed by atoms with Crippen LogP contribution < -0.4 is 10.6 Å². The summed E-state index contributed by atoms with van der Waals surface area (Å²) in [5.74, 6) is -1.33. The first-order valence-corrected chi connectivity index (χ1v) is 9.56. The Morgan fingerprint density at radius 1 is 1.19 bits per heavy atom. The first-order chi connectivity index (χ1) is 15.0. The minimum atomic E-state index is -0.569. The van der Waals surface area contributed by atoms with E-state index in [-0.39, 0.29) is 18.0 Å². The molecule has 0 atom stereocenters. The number of rotatable bonds is 7. The van der Waals surface area contributed by atoms with Crippen LogP contribution in [-0.2, 0) is 16.1 Å². The molecule has 0 aliphatic rings. The van der Waals surface area contributed by atoms with Gasteiger partial charge in [-0.3, -0.25) is 9.59 Å². The Balaban J connectivity index is 1.75. The van der Waals surface area contributed by atoms with Crippen LogP contribution in [0, 0.1) is 0 Å². The van der Waals surface area contributed by atoms with E-state index in [4.69, 9.17) is 16.3 Å². The maximum atomic E-state index is 12.6. The highest BCUT2D eigenvalue weighted by atomic mass is 35.5. The van der Waals surface area contributed by atoms with Crippen LogP contribution in [0.1, 0.15) is 32.0 Å². The highest BCUT2D eigenvalue weighted by molar-refractivity contribution is 6.34. The van der Waals surface area contributed by atoms with Gasteiger partial charge in [0.05, 0.1) is 41.5 Å². The summed E-state index contributed by atoms with van der Waals surface area (Å²) < 4.78 is 4.78. The number of halogens is 1. The predicted octanol–water partition coefficient (Wildman–Crippen LogP) is 3.43. The Morgan fingerprint density at radius 3 is 2.71 bits per heavy atom. The van der Waals surface area contributed by atoms with E-state index in [1.807, 2.05) is 0 Å². The molecule has 2 aromatic carbocycles. The number of methoxy groups -OCH3 is 1. The van der Waals surface area contributed by atoms with Crippen molar-refractivity contribution < 1.29 is 19.1 Å². The zero-order valence-corrected chi connectivity index (χ0v) is 17.3. The van der Waals surface area contributed by atoms with E-state index in [2.05, 4.69) is 20.6 Å². The van der Waals surface area contributed by atoms with Crippen molar-refractivity contribution in [1.82, 2.24) is 15.3 Å². The number of H-pyrrole nitrogens is 1. The second-order valence-electron chi connectivity index (χ2n) is 6.40. The van der Waals surface area contributed by atoms with Crippen LogP contribution >= 0.6 is 11.6 Å². The number of imidazole rings is 1. The Bertz CT molecular complexity index is 1130. The molecule has 0 saturated heterocycles. The van der Waals surface area contributed by atoms with Gasteiger partial charge in [0.25, 0.3) is 5.91 Å². The van der Waals surface area contributed by atoms with Crippen molar-refractivity contribution in [2.24, 2.45) is 0 Å². The molecule has 0 saturated carbocycles. The summed E-state index contributed by atoms with van der Waals surface area (Å²) in [5.41, 5.74) is 2.18. The summed E-state index contributed by atoms with van der Waals surface area (Å²) in [4.78, 5) is 43.4. The molecule has 158 valence electrons. The topological polar surface area (TPSA) is 113 Å². The summed E-state index contributed by atoms with van der Waals surface area (Å²) >= 11 is 6.08. The lowest BCUT2D eigenvalue weighted by atomic mass is 10.1. The molecule has 31 heavy (non-hydrogen) atoms. The Hall–Kier alpha value is -3.91. The smallest absolute Gasteiger partial charge is 0.337 e. The summed E-state index contributed by atoms with van der Waals surface area (Å²) in [5, 5.41) is 5.75. The molecule has 1 aromatic heterocycles. The van der Waals surface area contributed by atoms with Crippen LogP contribution in [0.5, 0.6) is 0 Å². The van der Waals surface area contributed by atoms with E-state index >= 15 is 0 Å². The highest BCUT2D eigenvalue weighted by Gasteiger charge is 2.14. The number of hydrogen-bond acceptors (Lipinski definition) is 5. The number of carbonyl (C=O) groups excluding carboxylic acids is 3. The number of hydrogen-bond donors (Lipinski definition) is 3. The number of aromatic amines is 1. The van der Waals surface area contributed by atoms with E-state index < -0.39 is 11.9 Å². The minimum Gasteiger partial charge on any atom is -0.465 e. The largest absolute Gasteiger partial charge is 0.465 e. The third-order valence-electron chi connectivity index (χ3n) is 4.19. The Kier molecular flexibility index (Phi) is 7.18. The third kappa shape index (κ3) is 6.03. The molecule has 1 heterocycles. The second-order valence-corrected chi connectivity index (χ2v) is 6.81. The Morgan fingerprint density at radius 2 is 2.00 bits per heavy atom. The molecule has 0 spiro atoms. The van der Waals surface area contributed by atoms with Gasteiger partial charge in [-0.25, -0.2) is 9.78 Å². The van der Waals surface area contributed by atoms with E-state index in [9.17, 15) is 14.4 Å². The average Bonchev–Trinajstić information content (AvgIpc) is 3.29. The number of aromatic nitrogens is 2. The summed E-state index contributed by atoms with van der Waals surface area (Å²) in [6.45, 7) is 0.131. The lowest BCUT2D eigenvalue weighted by molar-refractivity contribution is -0.116. The number of nitrogens with one attached hydrogen (secondary N) is 3. The number of carbonyl (C=O) groups is 3. The minimum absolute atomic E-state index is 0.131. The van der Waals surface area contributed by atoms with Crippen molar-refractivity contribution in [2.75, 3.05) is 12.4 Å². The van der Waals surface area contributed by atoms with Crippen molar-refractivity contribution in [3.05, 3.63) is 88.5 Å². The average molecular weight is 439 g/mol. The van der Waals surface area contributed by atoms with Crippen molar-refractivity contribution in [3.63, 3.8) is 0 Å². The lowest BCUT2D eigenvalue weighted by Crippen LogP contribution is -2.21. The third-order valence-corrected chi connectivity index (χ3v) is 4.52. The van der Waals surface area contributed by atoms with Crippen LogP contribution in [0.4, 0.5) is 5.69 Å². The summed E-state index contributed by atoms with van der Waals surface area (Å²) in [6, 6.07) is 11.3. The molecule has 0 bridgehead atoms. The molecule has 8 nitrogen and oxygen atoms in total. The van der Waals surface area contributed by atoms with Crippen LogP contribution in [0.15, 0.2) is 61.1 Å². The number of benzene rings is 2. The zero-order chi connectivity index (χ0) is 22.2. The zero-order valence-electron chi connectivity index (χ0n) is 16.5. The van der Waals surface area contributed by atoms with E-state index in [0.717, 1.165) is 0 Å². The molecule has 3 N–H and O–H groups in total. The van der Waals surface area contributed by atoms with Crippen LogP contribution in [0.25, 0.3) is 6.08 Å². The van der Waals surface area contributed by atoms with Crippen LogP contribution in [-0.4, -0.2) is 34.9 Å². The molecular formula is C22H19ClN4O4. The van der Waals surface area contributed by atoms with Gasteiger partial charge in [-0.05, 0) is 42.0 Å². The quantitative estimate of drug-likeness (QED) is 0.386. The number of anilines is 1. The van der Waals surface area contributed by atoms with Gasteiger partial charge >= 0.3 is 5.97 Å². The van der Waals surface area contributed by atoms with Crippen molar-refractivity contribution in [1.29, 1.82) is 0 Å². The molecule has 9 heteroatoms. The maximum absolute atomic E-state index is 12.6. The molecular weight excluding hydrogens is 420 g/mol. The monoisotopic (exact) mass is 438 g/mol. The van der Waals surface area contributed by atoms with Gasteiger partial charge in [-0.15, -0.1) is 0 Å². The van der Waals surface area contributed by atoms with Gasteiger partial charge in [0.2, 0.25) is 5.91 Å². The molecule has 0 fully saturated rings. The SMILES string of the molecule is COC(=O)c1cc(CNC(=O)C=Cc2cnc[nH]2)cc(NC(=O)c2ccccc2Cl)c1. The van der Waals surface area contributed by atoms with Crippen molar-refractivity contribution >= 4 is 41.1 Å². The van der Waals surface area contributed by atoms with Gasteiger partial charge < -0.3 is 20.4 Å². The van der Waals surface area contributed by atoms with Gasteiger partial charge in [0, 0.05) is 18.3 Å². The number of nitrogens with zero attached hydrogens (tertiary/aromatic N) is 1. The predicted molar refractivity (Wildman–Crippen MR) is 117 cm³/mol. The molecule has 3 rings (SSSR count). The number of esters is 1. The normalized spacial score (nSPS) is 10.6. The standard InChI is InChI=1S/C22H19ClN4O4/c1-31-22(30)15-8-14(11-25-20(28)7-6-16-12-24-13-26-16)9-17(10-15)27-21(29)18-4-2-3-5-19(18)23/h2-10,12-13H,11H2,1H3,(H,24,26)(H,25,28)(H,27,29). The van der Waals surface area contributed by atoms with Crippen LogP contribution in [0.2, 0.25) is 5.02 Å². The highest BCUT2D eigenvalue weighted by Crippen LogP contribution is 2.20. The summed E-state index contributed by atoms with van der Waals surface area (Å²) in [7, 11) is 1.26. The molecule has 0 aliphatic heterocycles. The van der Waals surface area contributed by atoms with Gasteiger partial charge in [0.1, 0.15) is 0 Å². The first-order valence-electron chi connectivity index (χ1n) is 9.18. The van der Waals surface area contributed by atoms with E-state index in [1.54, 1.807) is 48.7 Å². The second kappa shape index (κ2) is 10.2. The maximum Gasteiger partial charge on any atom is 0.337 e. The molecule has 2 amide bonds. The lowest BCUT2D eigenvalue weighted by Gasteiger charge is -2.11. The number of ether oxygens (including phenoxy) is 1. The molecule has 0 unspecified atom stereocenters. The molecule has 0 aliphatic carbocycles. The fourth-order valence-electron chi connectivity index (χ4n) is 2.72. The fraction of sp³-hybridized carbons (Fsp3) is 0.0909. The summed E-state index contributed by atoms with van der Waals surface area (Å²) in [6.07, 6.45) is 6.03. The fourth-order valence-corrected chi connectivity index (χ4v) is 2.94. The molecule has 0 radical (unpaired) electrons. The molecule has 3 aromatic rings. The first kappa shape index (κ1) is 21.8. The van der Waals surface area contributed by atoms with Crippen LogP contribution in [0.3, 0.4) is 0 Å². The van der Waals surface area contributed by atoms with Gasteiger partial charge in [-0.1, -0.05) is 23.7 Å². The van der Waals surface area contributed by atoms with E-state index in [0.29, 0.717) is 27.5 Å².